The monoisotopic (exact) mass is 804 g/mol. The molecule has 5 nitrogen and oxygen atoms in total. The number of carbonyl (C=O) groups excluding carboxylic acids is 1. The third-order valence-electron chi connectivity index (χ3n) is 12.0. The van der Waals surface area contributed by atoms with Crippen molar-refractivity contribution in [3.8, 4) is 23.7 Å². The van der Waals surface area contributed by atoms with Crippen molar-refractivity contribution in [1.82, 2.24) is 5.32 Å². The van der Waals surface area contributed by atoms with Gasteiger partial charge in [-0.25, -0.2) is 22.4 Å². The van der Waals surface area contributed by atoms with Crippen LogP contribution in [0.4, 0.5) is 17.6 Å². The molecule has 0 atom stereocenters. The molecule has 4 aliphatic rings. The summed E-state index contributed by atoms with van der Waals surface area (Å²) in [6.07, 6.45) is 19.1. The molecule has 1 amide bonds. The predicted molar refractivity (Wildman–Crippen MR) is 222 cm³/mol. The van der Waals surface area contributed by atoms with Crippen molar-refractivity contribution >= 4 is 11.9 Å². The fourth-order valence-electron chi connectivity index (χ4n) is 8.27. The van der Waals surface area contributed by atoms with Crippen molar-refractivity contribution in [3.63, 3.8) is 0 Å². The molecular formula is C50H52F4N2O3. The van der Waals surface area contributed by atoms with Crippen molar-refractivity contribution < 1.29 is 32.3 Å². The molecule has 8 rings (SSSR count). The Morgan fingerprint density at radius 1 is 0.576 bits per heavy atom. The van der Waals surface area contributed by atoms with Crippen LogP contribution < -0.4 is 11.1 Å². The van der Waals surface area contributed by atoms with Gasteiger partial charge >= 0.3 is 5.97 Å². The summed E-state index contributed by atoms with van der Waals surface area (Å²) in [5.74, 6) is 8.35. The first-order valence-electron chi connectivity index (χ1n) is 20.8. The van der Waals surface area contributed by atoms with E-state index < -0.39 is 29.2 Å². The number of amides is 1. The normalized spacial score (nSPS) is 17.1. The molecule has 4 aromatic carbocycles. The lowest BCUT2D eigenvalue weighted by Gasteiger charge is -2.29. The summed E-state index contributed by atoms with van der Waals surface area (Å²) < 4.78 is 51.9. The number of hydrogen-bond donors (Lipinski definition) is 3. The first kappa shape index (κ1) is 43.2. The van der Waals surface area contributed by atoms with Gasteiger partial charge in [0.05, 0.1) is 5.56 Å². The van der Waals surface area contributed by atoms with Gasteiger partial charge in [-0.1, -0.05) is 75.0 Å². The number of aromatic carboxylic acids is 1. The van der Waals surface area contributed by atoms with E-state index in [0.717, 1.165) is 49.2 Å². The Morgan fingerprint density at radius 3 is 1.37 bits per heavy atom. The molecule has 0 aliphatic heterocycles. The third-order valence-corrected chi connectivity index (χ3v) is 12.0. The van der Waals surface area contributed by atoms with E-state index in [9.17, 15) is 27.2 Å². The number of nitrogens with two attached hydrogens (primary N) is 1. The average Bonchev–Trinajstić information content (AvgIpc) is 4.15. The van der Waals surface area contributed by atoms with E-state index in [2.05, 4.69) is 29.0 Å². The van der Waals surface area contributed by atoms with E-state index >= 15 is 0 Å². The number of halogens is 4. The summed E-state index contributed by atoms with van der Waals surface area (Å²) in [6, 6.07) is 20.0. The van der Waals surface area contributed by atoms with Crippen LogP contribution in [0.3, 0.4) is 0 Å². The van der Waals surface area contributed by atoms with Crippen molar-refractivity contribution in [2.45, 2.75) is 89.9 Å². The molecule has 0 heterocycles. The molecule has 0 radical (unpaired) electrons. The maximum Gasteiger partial charge on any atom is 0.335 e. The lowest BCUT2D eigenvalue weighted by Crippen LogP contribution is -2.36. The highest BCUT2D eigenvalue weighted by Gasteiger charge is 2.39. The van der Waals surface area contributed by atoms with Crippen LogP contribution in [-0.4, -0.2) is 30.1 Å². The van der Waals surface area contributed by atoms with Crippen molar-refractivity contribution in [3.05, 3.63) is 142 Å². The summed E-state index contributed by atoms with van der Waals surface area (Å²) in [7, 11) is 0. The maximum atomic E-state index is 13.2. The fourth-order valence-corrected chi connectivity index (χ4v) is 8.27. The number of carbonyl (C=O) groups is 2. The molecule has 4 N–H and O–H groups in total. The second kappa shape index (κ2) is 20.1. The van der Waals surface area contributed by atoms with Gasteiger partial charge in [-0.2, -0.15) is 0 Å². The molecule has 0 saturated heterocycles. The zero-order valence-corrected chi connectivity index (χ0v) is 33.4. The molecule has 0 spiro atoms. The summed E-state index contributed by atoms with van der Waals surface area (Å²) in [4.78, 5) is 23.2. The highest BCUT2D eigenvalue weighted by atomic mass is 19.2. The fraction of sp³-hybridized carbons (Fsp3) is 0.400. The summed E-state index contributed by atoms with van der Waals surface area (Å²) >= 11 is 0. The lowest BCUT2D eigenvalue weighted by atomic mass is 9.80. The van der Waals surface area contributed by atoms with Crippen LogP contribution in [0.2, 0.25) is 0 Å². The minimum atomic E-state index is -1.01. The van der Waals surface area contributed by atoms with Crippen molar-refractivity contribution in [1.29, 1.82) is 0 Å². The Hall–Kier alpha value is -5.38. The number of hydrogen-bond acceptors (Lipinski definition) is 3. The minimum absolute atomic E-state index is 0.0489. The maximum absolute atomic E-state index is 13.2. The van der Waals surface area contributed by atoms with E-state index in [-0.39, 0.29) is 11.5 Å². The van der Waals surface area contributed by atoms with Crippen LogP contribution >= 0.6 is 0 Å². The van der Waals surface area contributed by atoms with Gasteiger partial charge in [0.15, 0.2) is 23.3 Å². The second-order valence-electron chi connectivity index (χ2n) is 16.8. The topological polar surface area (TPSA) is 92.4 Å². The number of rotatable bonds is 9. The second-order valence-corrected chi connectivity index (χ2v) is 16.8. The van der Waals surface area contributed by atoms with E-state index in [1.165, 1.54) is 114 Å². The molecular weight excluding hydrogens is 753 g/mol. The standard InChI is InChI=1S/C25H25F2NO.C15H8F2O2.C10H19N/c26-22-12-9-19(15-23(22)27)4-3-18-7-10-21(11-8-18)24(29)28-17-25(13-1-2-14-25)16-20-5-6-20;16-13-8-5-11(9-14(13)17)2-1-10-3-6-12(7-4-10)15(18)19;11-8-10(5-1-2-6-10)7-9-3-4-9/h7-12,15,20H,1-2,5-6,13-14,16-17H2,(H,28,29);3-9H,(H,18,19);9H,1-8,11H2. The smallest absolute Gasteiger partial charge is 0.335 e. The minimum Gasteiger partial charge on any atom is -0.478 e. The number of carboxylic acids is 1. The van der Waals surface area contributed by atoms with Gasteiger partial charge in [0.2, 0.25) is 0 Å². The van der Waals surface area contributed by atoms with Crippen LogP contribution in [0.1, 0.15) is 133 Å². The first-order chi connectivity index (χ1) is 28.4. The Labute approximate surface area is 345 Å². The lowest BCUT2D eigenvalue weighted by molar-refractivity contribution is 0.0696. The van der Waals surface area contributed by atoms with Crippen LogP contribution in [-0.2, 0) is 0 Å². The van der Waals surface area contributed by atoms with Crippen LogP contribution in [0.15, 0.2) is 84.9 Å². The van der Waals surface area contributed by atoms with Crippen molar-refractivity contribution in [2.75, 3.05) is 13.1 Å². The quantitative estimate of drug-likeness (QED) is 0.116. The van der Waals surface area contributed by atoms with Gasteiger partial charge < -0.3 is 16.2 Å². The van der Waals surface area contributed by atoms with Gasteiger partial charge in [0.25, 0.3) is 5.91 Å². The highest BCUT2D eigenvalue weighted by molar-refractivity contribution is 5.94. The zero-order chi connectivity index (χ0) is 41.8. The summed E-state index contributed by atoms with van der Waals surface area (Å²) in [5, 5.41) is 11.9. The van der Waals surface area contributed by atoms with Crippen LogP contribution in [0, 0.1) is 69.6 Å². The highest BCUT2D eigenvalue weighted by Crippen LogP contribution is 2.49. The molecule has 59 heavy (non-hydrogen) atoms. The summed E-state index contributed by atoms with van der Waals surface area (Å²) in [5.41, 5.74) is 9.58. The molecule has 0 unspecified atom stereocenters. The zero-order valence-electron chi connectivity index (χ0n) is 33.4. The summed E-state index contributed by atoms with van der Waals surface area (Å²) in [6.45, 7) is 1.71. The Kier molecular flexibility index (Phi) is 14.7. The third kappa shape index (κ3) is 13.1. The molecule has 0 aromatic heterocycles. The van der Waals surface area contributed by atoms with Crippen LogP contribution in [0.5, 0.6) is 0 Å². The van der Waals surface area contributed by atoms with Gasteiger partial charge in [0.1, 0.15) is 0 Å². The Morgan fingerprint density at radius 2 is 0.966 bits per heavy atom. The molecule has 4 saturated carbocycles. The van der Waals surface area contributed by atoms with Gasteiger partial charge in [-0.3, -0.25) is 4.79 Å². The largest absolute Gasteiger partial charge is 0.478 e. The first-order valence-corrected chi connectivity index (χ1v) is 20.8. The number of nitrogens with one attached hydrogen (secondary N) is 1. The molecule has 308 valence electrons. The Bertz CT molecular complexity index is 2200. The van der Waals surface area contributed by atoms with Crippen molar-refractivity contribution in [2.24, 2.45) is 28.4 Å². The number of carboxylic acid groups (broad SMARTS) is 1. The SMILES string of the molecule is NCC1(CC2CC2)CCCC1.O=C(NCC1(CC2CC2)CCCC1)c1ccc(C#Cc2ccc(F)c(F)c2)cc1.O=C(O)c1ccc(C#Cc2ccc(F)c(F)c2)cc1. The molecule has 0 bridgehead atoms. The molecule has 9 heteroatoms. The van der Waals surface area contributed by atoms with Gasteiger partial charge in [-0.15, -0.1) is 0 Å². The molecule has 4 aromatic rings. The van der Waals surface area contributed by atoms with Crippen LogP contribution in [0.25, 0.3) is 0 Å². The van der Waals surface area contributed by atoms with E-state index in [4.69, 9.17) is 10.8 Å². The molecule has 4 aliphatic carbocycles. The van der Waals surface area contributed by atoms with Gasteiger partial charge in [-0.05, 0) is 153 Å². The predicted octanol–water partition coefficient (Wildman–Crippen LogP) is 10.8. The average molecular weight is 805 g/mol. The Balaban J connectivity index is 0.000000166. The van der Waals surface area contributed by atoms with E-state index in [0.29, 0.717) is 38.6 Å². The number of benzene rings is 4. The van der Waals surface area contributed by atoms with E-state index in [1.807, 2.05) is 0 Å². The van der Waals surface area contributed by atoms with E-state index in [1.54, 1.807) is 36.4 Å². The van der Waals surface area contributed by atoms with Gasteiger partial charge in [0, 0.05) is 34.4 Å². The molecule has 4 fully saturated rings.